The van der Waals surface area contributed by atoms with Crippen LogP contribution in [0.15, 0.2) is 27.8 Å². The van der Waals surface area contributed by atoms with E-state index in [-0.39, 0.29) is 0 Å². The predicted molar refractivity (Wildman–Crippen MR) is 89.9 cm³/mol. The van der Waals surface area contributed by atoms with Crippen molar-refractivity contribution in [3.63, 3.8) is 0 Å². The topological polar surface area (TPSA) is 66.0 Å². The minimum absolute atomic E-state index is 0.580. The van der Waals surface area contributed by atoms with Crippen LogP contribution >= 0.6 is 23.4 Å². The van der Waals surface area contributed by atoms with Crippen molar-refractivity contribution in [1.82, 2.24) is 19.7 Å². The van der Waals surface area contributed by atoms with Gasteiger partial charge in [-0.1, -0.05) is 30.3 Å². The molecule has 23 heavy (non-hydrogen) atoms. The van der Waals surface area contributed by atoms with Crippen LogP contribution in [0.1, 0.15) is 18.7 Å². The summed E-state index contributed by atoms with van der Waals surface area (Å²) in [4.78, 5) is 4.66. The highest BCUT2D eigenvalue weighted by molar-refractivity contribution is 7.98. The third kappa shape index (κ3) is 3.68. The van der Waals surface area contributed by atoms with E-state index in [0.717, 1.165) is 29.2 Å². The molecule has 0 spiro atoms. The van der Waals surface area contributed by atoms with Crippen LogP contribution < -0.4 is 0 Å². The molecule has 0 radical (unpaired) electrons. The second-order valence-electron chi connectivity index (χ2n) is 4.90. The van der Waals surface area contributed by atoms with Crippen molar-refractivity contribution in [2.75, 3.05) is 13.7 Å². The minimum atomic E-state index is 0.580. The molecule has 3 aromatic rings. The number of thioether (sulfide) groups is 1. The van der Waals surface area contributed by atoms with E-state index in [2.05, 4.69) is 19.7 Å². The highest BCUT2D eigenvalue weighted by atomic mass is 35.5. The summed E-state index contributed by atoms with van der Waals surface area (Å²) in [6.45, 7) is 3.32. The van der Waals surface area contributed by atoms with Gasteiger partial charge in [0.1, 0.15) is 0 Å². The molecule has 0 aliphatic heterocycles. The van der Waals surface area contributed by atoms with Gasteiger partial charge >= 0.3 is 0 Å². The Morgan fingerprint density at radius 2 is 2.13 bits per heavy atom. The van der Waals surface area contributed by atoms with Gasteiger partial charge in [0.15, 0.2) is 5.16 Å². The number of halogens is 1. The third-order valence-corrected chi connectivity index (χ3v) is 4.53. The van der Waals surface area contributed by atoms with Gasteiger partial charge in [-0.3, -0.25) is 0 Å². The van der Waals surface area contributed by atoms with Crippen molar-refractivity contribution >= 4 is 34.4 Å². The van der Waals surface area contributed by atoms with Crippen molar-refractivity contribution in [2.45, 2.75) is 30.8 Å². The molecular weight excluding hydrogens is 336 g/mol. The molecule has 0 aliphatic rings. The van der Waals surface area contributed by atoms with Crippen LogP contribution in [0, 0.1) is 0 Å². The van der Waals surface area contributed by atoms with Gasteiger partial charge in [0.05, 0.1) is 23.4 Å². The molecule has 1 aromatic carbocycles. The average molecular weight is 353 g/mol. The third-order valence-electron chi connectivity index (χ3n) is 3.33. The summed E-state index contributed by atoms with van der Waals surface area (Å²) in [5.41, 5.74) is 1.91. The number of hydrogen-bond donors (Lipinski definition) is 0. The van der Waals surface area contributed by atoms with Crippen LogP contribution in [0.2, 0.25) is 5.02 Å². The summed E-state index contributed by atoms with van der Waals surface area (Å²) in [5.74, 6) is 1.84. The first-order valence-corrected chi connectivity index (χ1v) is 8.66. The van der Waals surface area contributed by atoms with Crippen LogP contribution in [0.25, 0.3) is 11.0 Å². The second-order valence-corrected chi connectivity index (χ2v) is 6.28. The van der Waals surface area contributed by atoms with Gasteiger partial charge in [-0.05, 0) is 18.2 Å². The fourth-order valence-electron chi connectivity index (χ4n) is 2.21. The van der Waals surface area contributed by atoms with Crippen molar-refractivity contribution in [3.8, 4) is 0 Å². The lowest BCUT2D eigenvalue weighted by Crippen LogP contribution is -2.05. The molecule has 0 bridgehead atoms. The Kier molecular flexibility index (Phi) is 5.20. The van der Waals surface area contributed by atoms with Crippen LogP contribution in [0.3, 0.4) is 0 Å². The molecule has 6 nitrogen and oxygen atoms in total. The normalized spacial score (nSPS) is 11.4. The van der Waals surface area contributed by atoms with Gasteiger partial charge < -0.3 is 13.7 Å². The van der Waals surface area contributed by atoms with Crippen LogP contribution in [0.4, 0.5) is 0 Å². The number of aromatic nitrogens is 4. The monoisotopic (exact) mass is 352 g/mol. The zero-order chi connectivity index (χ0) is 16.2. The molecule has 2 heterocycles. The zero-order valence-corrected chi connectivity index (χ0v) is 14.5. The first kappa shape index (κ1) is 16.3. The Morgan fingerprint density at radius 1 is 1.30 bits per heavy atom. The first-order chi connectivity index (χ1) is 11.2. The lowest BCUT2D eigenvalue weighted by Gasteiger charge is -2.07. The molecule has 0 saturated heterocycles. The van der Waals surface area contributed by atoms with Gasteiger partial charge in [-0.25, -0.2) is 4.98 Å². The van der Waals surface area contributed by atoms with Crippen LogP contribution in [-0.4, -0.2) is 33.5 Å². The van der Waals surface area contributed by atoms with E-state index in [9.17, 15) is 0 Å². The van der Waals surface area contributed by atoms with Gasteiger partial charge in [-0.2, -0.15) is 0 Å². The molecular formula is C15H17ClN4O2S. The molecule has 0 amide bonds. The molecule has 2 aromatic heterocycles. The molecule has 3 rings (SSSR count). The summed E-state index contributed by atoms with van der Waals surface area (Å²) < 4.78 is 12.9. The molecule has 0 unspecified atom stereocenters. The standard InChI is InChI=1S/C15H17ClN4O2S/c1-3-13-18-19-14(22-13)9-23-15-17-11-8-10(16)4-5-12(11)20(15)6-7-21-2/h4-5,8H,3,6-7,9H2,1-2H3. The summed E-state index contributed by atoms with van der Waals surface area (Å²) in [7, 11) is 1.69. The Bertz CT molecular complexity index is 802. The maximum Gasteiger partial charge on any atom is 0.226 e. The van der Waals surface area contributed by atoms with Crippen LogP contribution in [0.5, 0.6) is 0 Å². The Morgan fingerprint density at radius 3 is 2.87 bits per heavy atom. The second kappa shape index (κ2) is 7.33. The van der Waals surface area contributed by atoms with E-state index >= 15 is 0 Å². The van der Waals surface area contributed by atoms with Gasteiger partial charge in [0.2, 0.25) is 11.8 Å². The lowest BCUT2D eigenvalue weighted by molar-refractivity contribution is 0.186. The summed E-state index contributed by atoms with van der Waals surface area (Å²) in [6.07, 6.45) is 0.739. The van der Waals surface area contributed by atoms with Crippen molar-refractivity contribution < 1.29 is 9.15 Å². The zero-order valence-electron chi connectivity index (χ0n) is 13.0. The van der Waals surface area contributed by atoms with E-state index in [1.54, 1.807) is 18.9 Å². The SMILES string of the molecule is CCc1nnc(CSc2nc3cc(Cl)ccc3n2CCOC)o1. The minimum Gasteiger partial charge on any atom is -0.424 e. The number of fused-ring (bicyclic) bond motifs is 1. The molecule has 0 atom stereocenters. The number of rotatable bonds is 7. The number of nitrogens with zero attached hydrogens (tertiary/aromatic N) is 4. The van der Waals surface area contributed by atoms with Gasteiger partial charge in [-0.15, -0.1) is 10.2 Å². The maximum absolute atomic E-state index is 6.06. The Hall–Kier alpha value is -1.57. The quantitative estimate of drug-likeness (QED) is 0.605. The first-order valence-electron chi connectivity index (χ1n) is 7.30. The largest absolute Gasteiger partial charge is 0.424 e. The average Bonchev–Trinajstić information content (AvgIpc) is 3.14. The van der Waals surface area contributed by atoms with Crippen molar-refractivity contribution in [2.24, 2.45) is 0 Å². The van der Waals surface area contributed by atoms with Crippen LogP contribution in [-0.2, 0) is 23.5 Å². The highest BCUT2D eigenvalue weighted by Gasteiger charge is 2.13. The number of benzene rings is 1. The van der Waals surface area contributed by atoms with E-state index in [1.165, 1.54) is 0 Å². The van der Waals surface area contributed by atoms with Gasteiger partial charge in [0.25, 0.3) is 0 Å². The molecule has 0 saturated carbocycles. The number of hydrogen-bond acceptors (Lipinski definition) is 6. The molecule has 0 aliphatic carbocycles. The van der Waals surface area contributed by atoms with E-state index in [1.807, 2.05) is 25.1 Å². The van der Waals surface area contributed by atoms with E-state index < -0.39 is 0 Å². The number of ether oxygens (including phenoxy) is 1. The molecule has 0 N–H and O–H groups in total. The summed E-state index contributed by atoms with van der Waals surface area (Å²) >= 11 is 7.63. The molecule has 0 fully saturated rings. The lowest BCUT2D eigenvalue weighted by atomic mass is 10.3. The predicted octanol–water partition coefficient (Wildman–Crippen LogP) is 3.57. The summed E-state index contributed by atoms with van der Waals surface area (Å²) in [6, 6.07) is 5.72. The Labute approximate surface area is 143 Å². The maximum atomic E-state index is 6.06. The highest BCUT2D eigenvalue weighted by Crippen LogP contribution is 2.28. The molecule has 122 valence electrons. The van der Waals surface area contributed by atoms with Crippen molar-refractivity contribution in [1.29, 1.82) is 0 Å². The fraction of sp³-hybridized carbons (Fsp3) is 0.400. The molecule has 8 heteroatoms. The number of imidazole rings is 1. The smallest absolute Gasteiger partial charge is 0.226 e. The summed E-state index contributed by atoms with van der Waals surface area (Å²) in [5, 5.41) is 9.58. The van der Waals surface area contributed by atoms with Crippen molar-refractivity contribution in [3.05, 3.63) is 35.0 Å². The van der Waals surface area contributed by atoms with Gasteiger partial charge in [0, 0.05) is 25.1 Å². The Balaban J connectivity index is 1.85. The fourth-order valence-corrected chi connectivity index (χ4v) is 3.25. The van der Waals surface area contributed by atoms with E-state index in [4.69, 9.17) is 20.8 Å². The van der Waals surface area contributed by atoms with E-state index in [0.29, 0.717) is 29.2 Å². The number of methoxy groups -OCH3 is 1. The number of aryl methyl sites for hydroxylation is 1.